The Morgan fingerprint density at radius 2 is 1.89 bits per heavy atom. The quantitative estimate of drug-likeness (QED) is 0.737. The van der Waals surface area contributed by atoms with Crippen LogP contribution in [0.5, 0.6) is 0 Å². The number of aromatic amines is 1. The lowest BCUT2D eigenvalue weighted by Gasteiger charge is -2.14. The fourth-order valence-electron chi connectivity index (χ4n) is 2.72. The van der Waals surface area contributed by atoms with Gasteiger partial charge >= 0.3 is 6.18 Å². The lowest BCUT2D eigenvalue weighted by Crippen LogP contribution is -2.32. The highest BCUT2D eigenvalue weighted by atomic mass is 19.4. The number of hydrogen-bond acceptors (Lipinski definition) is 3. The van der Waals surface area contributed by atoms with E-state index in [4.69, 9.17) is 0 Å². The molecule has 0 saturated heterocycles. The molecule has 0 spiro atoms. The van der Waals surface area contributed by atoms with E-state index < -0.39 is 23.7 Å². The van der Waals surface area contributed by atoms with Gasteiger partial charge in [-0.05, 0) is 38.8 Å². The van der Waals surface area contributed by atoms with E-state index in [1.54, 1.807) is 32.9 Å². The summed E-state index contributed by atoms with van der Waals surface area (Å²) in [6, 6.07) is 4.64. The van der Waals surface area contributed by atoms with Crippen molar-refractivity contribution in [1.82, 2.24) is 15.5 Å². The Labute approximate surface area is 154 Å². The summed E-state index contributed by atoms with van der Waals surface area (Å²) < 4.78 is 39.0. The molecule has 0 aliphatic rings. The summed E-state index contributed by atoms with van der Waals surface area (Å²) in [5.41, 5.74) is -0.436. The van der Waals surface area contributed by atoms with E-state index >= 15 is 0 Å². The van der Waals surface area contributed by atoms with Gasteiger partial charge in [0.15, 0.2) is 5.69 Å². The van der Waals surface area contributed by atoms with Crippen molar-refractivity contribution in [3.8, 4) is 0 Å². The molecule has 0 bridgehead atoms. The third-order valence-corrected chi connectivity index (χ3v) is 3.89. The van der Waals surface area contributed by atoms with Crippen LogP contribution in [0.3, 0.4) is 0 Å². The van der Waals surface area contributed by atoms with E-state index in [1.807, 2.05) is 0 Å². The number of rotatable bonds is 5. The first-order chi connectivity index (χ1) is 12.6. The Hall–Kier alpha value is -2.84. The van der Waals surface area contributed by atoms with Crippen LogP contribution in [0.1, 0.15) is 58.3 Å². The summed E-state index contributed by atoms with van der Waals surface area (Å²) >= 11 is 0. The molecular formula is C18H21F3N4O2. The molecule has 9 heteroatoms. The minimum atomic E-state index is -4.63. The number of nitrogens with zero attached hydrogens (tertiary/aromatic N) is 1. The first-order valence-corrected chi connectivity index (χ1v) is 8.42. The van der Waals surface area contributed by atoms with Crippen LogP contribution in [-0.4, -0.2) is 28.1 Å². The molecule has 6 nitrogen and oxygen atoms in total. The fraction of sp³-hybridized carbons (Fsp3) is 0.389. The topological polar surface area (TPSA) is 86.9 Å². The van der Waals surface area contributed by atoms with E-state index in [0.29, 0.717) is 5.56 Å². The van der Waals surface area contributed by atoms with Crippen LogP contribution in [0.25, 0.3) is 0 Å². The highest BCUT2D eigenvalue weighted by Gasteiger charge is 2.37. The number of carbonyl (C=O) groups is 2. The predicted octanol–water partition coefficient (Wildman–Crippen LogP) is 3.69. The molecule has 0 aliphatic carbocycles. The maximum atomic E-state index is 13.0. The van der Waals surface area contributed by atoms with Crippen LogP contribution >= 0.6 is 0 Å². The van der Waals surface area contributed by atoms with Crippen molar-refractivity contribution in [2.45, 2.75) is 46.3 Å². The van der Waals surface area contributed by atoms with Crippen molar-refractivity contribution in [1.29, 1.82) is 0 Å². The second kappa shape index (κ2) is 7.81. The molecule has 0 atom stereocenters. The second-order valence-corrected chi connectivity index (χ2v) is 6.36. The predicted molar refractivity (Wildman–Crippen MR) is 94.7 cm³/mol. The van der Waals surface area contributed by atoms with Gasteiger partial charge in [0, 0.05) is 11.6 Å². The molecule has 3 N–H and O–H groups in total. The van der Waals surface area contributed by atoms with Gasteiger partial charge in [-0.2, -0.15) is 18.3 Å². The van der Waals surface area contributed by atoms with E-state index in [9.17, 15) is 22.8 Å². The summed E-state index contributed by atoms with van der Waals surface area (Å²) in [5.74, 6) is -1.25. The molecule has 2 aromatic rings. The van der Waals surface area contributed by atoms with Crippen molar-refractivity contribution < 1.29 is 22.8 Å². The monoisotopic (exact) mass is 382 g/mol. The van der Waals surface area contributed by atoms with Gasteiger partial charge in [-0.1, -0.05) is 19.1 Å². The van der Waals surface area contributed by atoms with Crippen LogP contribution in [-0.2, 0) is 12.6 Å². The lowest BCUT2D eigenvalue weighted by atomic mass is 10.00. The first-order valence-electron chi connectivity index (χ1n) is 8.42. The van der Waals surface area contributed by atoms with Crippen LogP contribution < -0.4 is 10.6 Å². The molecule has 2 amide bonds. The van der Waals surface area contributed by atoms with E-state index in [0.717, 1.165) is 0 Å². The minimum Gasteiger partial charge on any atom is -0.350 e. The molecule has 146 valence electrons. The Morgan fingerprint density at radius 3 is 2.44 bits per heavy atom. The molecule has 1 aromatic heterocycles. The van der Waals surface area contributed by atoms with Crippen molar-refractivity contribution in [2.24, 2.45) is 0 Å². The van der Waals surface area contributed by atoms with E-state index in [1.165, 1.54) is 13.0 Å². The van der Waals surface area contributed by atoms with Gasteiger partial charge in [0.1, 0.15) is 5.82 Å². The van der Waals surface area contributed by atoms with Gasteiger partial charge in [0.05, 0.1) is 11.1 Å². The zero-order valence-corrected chi connectivity index (χ0v) is 15.4. The summed E-state index contributed by atoms with van der Waals surface area (Å²) in [4.78, 5) is 25.1. The van der Waals surface area contributed by atoms with Crippen LogP contribution in [0.2, 0.25) is 0 Å². The highest BCUT2D eigenvalue weighted by Crippen LogP contribution is 2.33. The maximum absolute atomic E-state index is 13.0. The minimum absolute atomic E-state index is 0.0232. The van der Waals surface area contributed by atoms with Gasteiger partial charge < -0.3 is 10.6 Å². The Morgan fingerprint density at radius 1 is 1.22 bits per heavy atom. The number of aryl methyl sites for hydroxylation is 1. The standard InChI is InChI=1S/C18H21F3N4O2/c1-5-11-14(18(19,20)21)24-25-15(11)23-17(27)13-10(4)7-6-8-12(13)16(26)22-9(2)3/h6-9H,5H2,1-4H3,(H,22,26)(H2,23,24,25,27). The Bertz CT molecular complexity index is 857. The van der Waals surface area contributed by atoms with Crippen molar-refractivity contribution in [3.05, 3.63) is 46.1 Å². The number of halogens is 3. The van der Waals surface area contributed by atoms with E-state index in [-0.39, 0.29) is 35.0 Å². The van der Waals surface area contributed by atoms with E-state index in [2.05, 4.69) is 20.8 Å². The molecule has 0 unspecified atom stereocenters. The maximum Gasteiger partial charge on any atom is 0.435 e. The second-order valence-electron chi connectivity index (χ2n) is 6.36. The summed E-state index contributed by atoms with van der Waals surface area (Å²) in [6.07, 6.45) is -4.61. The van der Waals surface area contributed by atoms with Crippen molar-refractivity contribution in [2.75, 3.05) is 5.32 Å². The number of carbonyl (C=O) groups excluding carboxylic acids is 2. The fourth-order valence-corrected chi connectivity index (χ4v) is 2.72. The number of nitrogens with one attached hydrogen (secondary N) is 3. The average Bonchev–Trinajstić information content (AvgIpc) is 2.96. The first kappa shape index (κ1) is 20.5. The smallest absolute Gasteiger partial charge is 0.350 e. The highest BCUT2D eigenvalue weighted by molar-refractivity contribution is 6.13. The lowest BCUT2D eigenvalue weighted by molar-refractivity contribution is -0.141. The van der Waals surface area contributed by atoms with Crippen LogP contribution in [0.15, 0.2) is 18.2 Å². The normalized spacial score (nSPS) is 11.6. The third kappa shape index (κ3) is 4.47. The van der Waals surface area contributed by atoms with Crippen molar-refractivity contribution >= 4 is 17.6 Å². The molecular weight excluding hydrogens is 361 g/mol. The van der Waals surface area contributed by atoms with Crippen LogP contribution in [0.4, 0.5) is 19.0 Å². The van der Waals surface area contributed by atoms with Gasteiger partial charge in [-0.15, -0.1) is 0 Å². The van der Waals surface area contributed by atoms with Gasteiger partial charge in [0.25, 0.3) is 11.8 Å². The summed E-state index contributed by atoms with van der Waals surface area (Å²) in [7, 11) is 0. The van der Waals surface area contributed by atoms with Gasteiger partial charge in [0.2, 0.25) is 0 Å². The Kier molecular flexibility index (Phi) is 5.92. The molecule has 1 heterocycles. The number of benzene rings is 1. The molecule has 1 aromatic carbocycles. The zero-order chi connectivity index (χ0) is 20.4. The number of anilines is 1. The molecule has 0 radical (unpaired) electrons. The molecule has 2 rings (SSSR count). The number of aromatic nitrogens is 2. The molecule has 27 heavy (non-hydrogen) atoms. The zero-order valence-electron chi connectivity index (χ0n) is 15.4. The number of alkyl halides is 3. The van der Waals surface area contributed by atoms with Gasteiger partial charge in [-0.25, -0.2) is 0 Å². The molecule has 0 saturated carbocycles. The number of hydrogen-bond donors (Lipinski definition) is 3. The SMILES string of the molecule is CCc1c(C(F)(F)F)n[nH]c1NC(=O)c1c(C)cccc1C(=O)NC(C)C. The Balaban J connectivity index is 2.40. The van der Waals surface area contributed by atoms with Crippen LogP contribution in [0, 0.1) is 6.92 Å². The average molecular weight is 382 g/mol. The largest absolute Gasteiger partial charge is 0.435 e. The van der Waals surface area contributed by atoms with Gasteiger partial charge in [-0.3, -0.25) is 14.7 Å². The van der Waals surface area contributed by atoms with Crippen molar-refractivity contribution in [3.63, 3.8) is 0 Å². The molecule has 0 aliphatic heterocycles. The number of H-pyrrole nitrogens is 1. The summed E-state index contributed by atoms with van der Waals surface area (Å²) in [5, 5.41) is 10.6. The third-order valence-electron chi connectivity index (χ3n) is 3.89. The molecule has 0 fully saturated rings. The summed E-state index contributed by atoms with van der Waals surface area (Å²) in [6.45, 7) is 6.75. The number of amides is 2.